The number of nitrogens with one attached hydrogen (secondary N) is 1. The van der Waals surface area contributed by atoms with Gasteiger partial charge in [0.15, 0.2) is 5.17 Å². The summed E-state index contributed by atoms with van der Waals surface area (Å²) in [4.78, 5) is 32.3. The van der Waals surface area contributed by atoms with Gasteiger partial charge in [-0.3, -0.25) is 14.5 Å². The summed E-state index contributed by atoms with van der Waals surface area (Å²) in [6, 6.07) is 23.3. The maximum Gasteiger partial charge on any atom is 0.242 e. The Kier molecular flexibility index (Phi) is 7.75. The van der Waals surface area contributed by atoms with Gasteiger partial charge in [0, 0.05) is 31.9 Å². The number of hydrogen-bond acceptors (Lipinski definition) is 5. The standard InChI is InChI=1S/C26H27N3O3S/c1-2-32-16-8-15-29-25(31)23(33-26(29)28-21-11-4-3-5-12-21)18-24(30)27-22-14-13-19-9-6-7-10-20(19)17-22/h3-7,9-14,17,23H,2,8,15-16,18H2,1H3,(H,27,30). The summed E-state index contributed by atoms with van der Waals surface area (Å²) in [5.41, 5.74) is 1.50. The molecule has 0 aliphatic carbocycles. The average Bonchev–Trinajstić information content (AvgIpc) is 3.11. The number of nitrogens with zero attached hydrogens (tertiary/aromatic N) is 2. The molecule has 1 atom stereocenters. The van der Waals surface area contributed by atoms with E-state index < -0.39 is 5.25 Å². The molecule has 1 heterocycles. The number of anilines is 1. The molecule has 6 nitrogen and oxygen atoms in total. The number of carbonyl (C=O) groups is 2. The highest BCUT2D eigenvalue weighted by molar-refractivity contribution is 8.15. The topological polar surface area (TPSA) is 71.0 Å². The maximum atomic E-state index is 13.1. The van der Waals surface area contributed by atoms with Gasteiger partial charge in [0.1, 0.15) is 5.25 Å². The highest BCUT2D eigenvalue weighted by Gasteiger charge is 2.38. The van der Waals surface area contributed by atoms with Crippen molar-refractivity contribution >= 4 is 50.9 Å². The van der Waals surface area contributed by atoms with E-state index in [1.165, 1.54) is 11.8 Å². The van der Waals surface area contributed by atoms with Gasteiger partial charge in [-0.15, -0.1) is 0 Å². The number of ether oxygens (including phenoxy) is 1. The number of amides is 2. The minimum atomic E-state index is -0.500. The minimum absolute atomic E-state index is 0.0835. The number of carbonyl (C=O) groups excluding carboxylic acids is 2. The lowest BCUT2D eigenvalue weighted by Crippen LogP contribution is -2.34. The van der Waals surface area contributed by atoms with E-state index in [9.17, 15) is 9.59 Å². The van der Waals surface area contributed by atoms with Crippen LogP contribution >= 0.6 is 11.8 Å². The smallest absolute Gasteiger partial charge is 0.242 e. The number of rotatable bonds is 9. The van der Waals surface area contributed by atoms with E-state index >= 15 is 0 Å². The van der Waals surface area contributed by atoms with E-state index in [2.05, 4.69) is 10.3 Å². The van der Waals surface area contributed by atoms with Gasteiger partial charge in [0.2, 0.25) is 11.8 Å². The molecule has 1 fully saturated rings. The van der Waals surface area contributed by atoms with E-state index in [0.717, 1.165) is 22.1 Å². The van der Waals surface area contributed by atoms with Crippen LogP contribution in [0.2, 0.25) is 0 Å². The Morgan fingerprint density at radius 3 is 2.61 bits per heavy atom. The molecule has 0 saturated carbocycles. The first-order chi connectivity index (χ1) is 16.1. The fraction of sp³-hybridized carbons (Fsp3) is 0.269. The van der Waals surface area contributed by atoms with Crippen LogP contribution < -0.4 is 5.32 Å². The molecule has 1 aliphatic heterocycles. The molecule has 2 amide bonds. The quantitative estimate of drug-likeness (QED) is 0.443. The number of amidine groups is 1. The van der Waals surface area contributed by atoms with Crippen LogP contribution in [0.4, 0.5) is 11.4 Å². The monoisotopic (exact) mass is 461 g/mol. The van der Waals surface area contributed by atoms with Gasteiger partial charge in [0.05, 0.1) is 5.69 Å². The molecular weight excluding hydrogens is 434 g/mol. The number of aliphatic imine (C=N–C) groups is 1. The Bertz CT molecular complexity index is 1150. The number of hydrogen-bond donors (Lipinski definition) is 1. The number of thioether (sulfide) groups is 1. The molecule has 3 aromatic carbocycles. The second-order valence-electron chi connectivity index (χ2n) is 7.69. The fourth-order valence-corrected chi connectivity index (χ4v) is 4.84. The van der Waals surface area contributed by atoms with Crippen LogP contribution in [0.5, 0.6) is 0 Å². The SMILES string of the molecule is CCOCCCN1C(=O)C(CC(=O)Nc2ccc3ccccc3c2)SC1=Nc1ccccc1. The van der Waals surface area contributed by atoms with E-state index in [1.54, 1.807) is 4.90 Å². The van der Waals surface area contributed by atoms with Crippen molar-refractivity contribution in [3.63, 3.8) is 0 Å². The molecule has 1 aliphatic rings. The number of benzene rings is 3. The van der Waals surface area contributed by atoms with Crippen molar-refractivity contribution in [1.82, 2.24) is 4.90 Å². The zero-order chi connectivity index (χ0) is 23.0. The van der Waals surface area contributed by atoms with E-state index in [-0.39, 0.29) is 18.2 Å². The van der Waals surface area contributed by atoms with Gasteiger partial charge in [-0.2, -0.15) is 0 Å². The van der Waals surface area contributed by atoms with Crippen molar-refractivity contribution in [1.29, 1.82) is 0 Å². The Balaban J connectivity index is 1.45. The summed E-state index contributed by atoms with van der Waals surface area (Å²) < 4.78 is 5.42. The molecule has 0 radical (unpaired) electrons. The summed E-state index contributed by atoms with van der Waals surface area (Å²) in [6.45, 7) is 3.69. The second-order valence-corrected chi connectivity index (χ2v) is 8.86. The predicted molar refractivity (Wildman–Crippen MR) is 135 cm³/mol. The van der Waals surface area contributed by atoms with Gasteiger partial charge in [0.25, 0.3) is 0 Å². The average molecular weight is 462 g/mol. The Morgan fingerprint density at radius 1 is 1.06 bits per heavy atom. The third-order valence-corrected chi connectivity index (χ3v) is 6.45. The molecule has 1 saturated heterocycles. The first kappa shape index (κ1) is 23.0. The Morgan fingerprint density at radius 2 is 1.82 bits per heavy atom. The Hall–Kier alpha value is -3.16. The van der Waals surface area contributed by atoms with Crippen molar-refractivity contribution in [2.45, 2.75) is 25.0 Å². The van der Waals surface area contributed by atoms with Crippen molar-refractivity contribution in [2.75, 3.05) is 25.1 Å². The van der Waals surface area contributed by atoms with E-state index in [0.29, 0.717) is 31.3 Å². The lowest BCUT2D eigenvalue weighted by atomic mass is 10.1. The molecule has 1 unspecified atom stereocenters. The van der Waals surface area contributed by atoms with Gasteiger partial charge >= 0.3 is 0 Å². The summed E-state index contributed by atoms with van der Waals surface area (Å²) in [7, 11) is 0. The lowest BCUT2D eigenvalue weighted by molar-refractivity contribution is -0.128. The van der Waals surface area contributed by atoms with Gasteiger partial charge in [-0.05, 0) is 48.4 Å². The molecule has 4 rings (SSSR count). The summed E-state index contributed by atoms with van der Waals surface area (Å²) in [5.74, 6) is -0.272. The van der Waals surface area contributed by atoms with Crippen LogP contribution in [-0.2, 0) is 14.3 Å². The second kappa shape index (κ2) is 11.1. The highest BCUT2D eigenvalue weighted by atomic mass is 32.2. The molecule has 33 heavy (non-hydrogen) atoms. The molecule has 170 valence electrons. The van der Waals surface area contributed by atoms with Crippen molar-refractivity contribution in [2.24, 2.45) is 4.99 Å². The minimum Gasteiger partial charge on any atom is -0.382 e. The molecule has 0 aromatic heterocycles. The molecule has 0 spiro atoms. The van der Waals surface area contributed by atoms with Gasteiger partial charge in [-0.25, -0.2) is 4.99 Å². The van der Waals surface area contributed by atoms with Gasteiger partial charge < -0.3 is 10.1 Å². The van der Waals surface area contributed by atoms with Gasteiger partial charge in [-0.1, -0.05) is 60.3 Å². The van der Waals surface area contributed by atoms with E-state index in [4.69, 9.17) is 4.74 Å². The first-order valence-electron chi connectivity index (χ1n) is 11.1. The largest absolute Gasteiger partial charge is 0.382 e. The van der Waals surface area contributed by atoms with Crippen LogP contribution in [0.3, 0.4) is 0 Å². The normalized spacial score (nSPS) is 17.1. The molecular formula is C26H27N3O3S. The summed E-state index contributed by atoms with van der Waals surface area (Å²) in [5, 5.41) is 5.24. The zero-order valence-electron chi connectivity index (χ0n) is 18.6. The van der Waals surface area contributed by atoms with Crippen molar-refractivity contribution in [3.8, 4) is 0 Å². The maximum absolute atomic E-state index is 13.1. The van der Waals surface area contributed by atoms with Crippen molar-refractivity contribution in [3.05, 3.63) is 72.8 Å². The molecule has 0 bridgehead atoms. The molecule has 1 N–H and O–H groups in total. The van der Waals surface area contributed by atoms with Crippen LogP contribution in [0, 0.1) is 0 Å². The molecule has 7 heteroatoms. The number of para-hydroxylation sites is 1. The zero-order valence-corrected chi connectivity index (χ0v) is 19.4. The van der Waals surface area contributed by atoms with Crippen molar-refractivity contribution < 1.29 is 14.3 Å². The van der Waals surface area contributed by atoms with Crippen LogP contribution in [0.25, 0.3) is 10.8 Å². The van der Waals surface area contributed by atoms with E-state index in [1.807, 2.05) is 79.7 Å². The lowest BCUT2D eigenvalue weighted by Gasteiger charge is -2.16. The molecule has 3 aromatic rings. The fourth-order valence-electron chi connectivity index (χ4n) is 3.66. The Labute approximate surface area is 198 Å². The van der Waals surface area contributed by atoms with Crippen LogP contribution in [-0.4, -0.2) is 46.9 Å². The summed E-state index contributed by atoms with van der Waals surface area (Å²) in [6.07, 6.45) is 0.802. The van der Waals surface area contributed by atoms with Crippen LogP contribution in [0.1, 0.15) is 19.8 Å². The summed E-state index contributed by atoms with van der Waals surface area (Å²) >= 11 is 1.35. The third kappa shape index (κ3) is 6.00. The highest BCUT2D eigenvalue weighted by Crippen LogP contribution is 2.32. The van der Waals surface area contributed by atoms with Crippen LogP contribution in [0.15, 0.2) is 77.8 Å². The first-order valence-corrected chi connectivity index (χ1v) is 12.0. The predicted octanol–water partition coefficient (Wildman–Crippen LogP) is 5.23. The number of fused-ring (bicyclic) bond motifs is 1. The third-order valence-electron chi connectivity index (χ3n) is 5.28.